The average molecular weight is 461 g/mol. The van der Waals surface area contributed by atoms with Gasteiger partial charge in [0.15, 0.2) is 5.16 Å². The Kier molecular flexibility index (Phi) is 7.26. The SMILES string of the molecule is COc1ccc(NC(=O)CSc2nnc(C)n2-c2ccc(OCc3ccccc3)cc2)cc1. The van der Waals surface area contributed by atoms with Crippen molar-refractivity contribution in [3.05, 3.63) is 90.3 Å². The third kappa shape index (κ3) is 5.93. The molecule has 0 spiro atoms. The lowest BCUT2D eigenvalue weighted by Gasteiger charge is -2.11. The third-order valence-electron chi connectivity index (χ3n) is 4.84. The summed E-state index contributed by atoms with van der Waals surface area (Å²) in [6.07, 6.45) is 0. The molecule has 3 aromatic carbocycles. The Labute approximate surface area is 196 Å². The maximum Gasteiger partial charge on any atom is 0.234 e. The van der Waals surface area contributed by atoms with Crippen molar-refractivity contribution in [1.29, 1.82) is 0 Å². The Morgan fingerprint density at radius 1 is 0.939 bits per heavy atom. The fourth-order valence-corrected chi connectivity index (χ4v) is 3.97. The van der Waals surface area contributed by atoms with Gasteiger partial charge in [-0.05, 0) is 61.0 Å². The van der Waals surface area contributed by atoms with E-state index >= 15 is 0 Å². The lowest BCUT2D eigenvalue weighted by atomic mass is 10.2. The molecule has 1 heterocycles. The third-order valence-corrected chi connectivity index (χ3v) is 5.77. The van der Waals surface area contributed by atoms with Crippen molar-refractivity contribution in [2.75, 3.05) is 18.2 Å². The number of ether oxygens (including phenoxy) is 2. The van der Waals surface area contributed by atoms with Crippen molar-refractivity contribution in [3.63, 3.8) is 0 Å². The van der Waals surface area contributed by atoms with Crippen molar-refractivity contribution < 1.29 is 14.3 Å². The summed E-state index contributed by atoms with van der Waals surface area (Å²) in [5.41, 5.74) is 2.73. The number of carbonyl (C=O) groups excluding carboxylic acids is 1. The number of aromatic nitrogens is 3. The number of anilines is 1. The number of thioether (sulfide) groups is 1. The Hall–Kier alpha value is -3.78. The van der Waals surface area contributed by atoms with Gasteiger partial charge in [0.25, 0.3) is 0 Å². The van der Waals surface area contributed by atoms with Gasteiger partial charge in [-0.3, -0.25) is 9.36 Å². The average Bonchev–Trinajstić information content (AvgIpc) is 3.23. The van der Waals surface area contributed by atoms with Crippen molar-refractivity contribution in [3.8, 4) is 17.2 Å². The number of rotatable bonds is 9. The van der Waals surface area contributed by atoms with Gasteiger partial charge >= 0.3 is 0 Å². The summed E-state index contributed by atoms with van der Waals surface area (Å²) in [4.78, 5) is 12.4. The van der Waals surface area contributed by atoms with Gasteiger partial charge in [0.2, 0.25) is 5.91 Å². The molecule has 1 amide bonds. The van der Waals surface area contributed by atoms with Crippen LogP contribution in [0.5, 0.6) is 11.5 Å². The van der Waals surface area contributed by atoms with E-state index in [9.17, 15) is 4.79 Å². The van der Waals surface area contributed by atoms with Gasteiger partial charge in [-0.25, -0.2) is 0 Å². The van der Waals surface area contributed by atoms with Crippen LogP contribution in [0.1, 0.15) is 11.4 Å². The Morgan fingerprint density at radius 3 is 2.33 bits per heavy atom. The van der Waals surface area contributed by atoms with Crippen molar-refractivity contribution in [1.82, 2.24) is 14.8 Å². The number of aryl methyl sites for hydroxylation is 1. The van der Waals surface area contributed by atoms with E-state index in [1.165, 1.54) is 11.8 Å². The molecule has 7 nitrogen and oxygen atoms in total. The number of benzene rings is 3. The van der Waals surface area contributed by atoms with E-state index in [1.54, 1.807) is 31.4 Å². The summed E-state index contributed by atoms with van der Waals surface area (Å²) in [7, 11) is 1.60. The summed E-state index contributed by atoms with van der Waals surface area (Å²) in [6.45, 7) is 2.39. The molecule has 168 valence electrons. The van der Waals surface area contributed by atoms with E-state index < -0.39 is 0 Å². The van der Waals surface area contributed by atoms with Crippen LogP contribution >= 0.6 is 11.8 Å². The Balaban J connectivity index is 1.37. The standard InChI is InChI=1S/C25H24N4O3S/c1-18-27-28-25(33-17-24(30)26-20-8-12-22(31-2)13-9-20)29(18)21-10-14-23(15-11-21)32-16-19-6-4-3-5-7-19/h3-15H,16-17H2,1-2H3,(H,26,30). The molecule has 33 heavy (non-hydrogen) atoms. The fraction of sp³-hybridized carbons (Fsp3) is 0.160. The highest BCUT2D eigenvalue weighted by Gasteiger charge is 2.14. The smallest absolute Gasteiger partial charge is 0.234 e. The molecule has 0 saturated heterocycles. The quantitative estimate of drug-likeness (QED) is 0.358. The van der Waals surface area contributed by atoms with E-state index in [2.05, 4.69) is 15.5 Å². The highest BCUT2D eigenvalue weighted by molar-refractivity contribution is 7.99. The first-order valence-electron chi connectivity index (χ1n) is 10.4. The van der Waals surface area contributed by atoms with Gasteiger partial charge in [0, 0.05) is 11.4 Å². The van der Waals surface area contributed by atoms with Crippen LogP contribution in [0.2, 0.25) is 0 Å². The molecule has 0 fully saturated rings. The summed E-state index contributed by atoms with van der Waals surface area (Å²) in [5.74, 6) is 2.35. The second-order valence-corrected chi connectivity index (χ2v) is 8.14. The van der Waals surface area contributed by atoms with E-state index in [4.69, 9.17) is 9.47 Å². The zero-order valence-electron chi connectivity index (χ0n) is 18.4. The first-order chi connectivity index (χ1) is 16.1. The van der Waals surface area contributed by atoms with Crippen LogP contribution in [0, 0.1) is 6.92 Å². The molecule has 1 N–H and O–H groups in total. The molecular weight excluding hydrogens is 436 g/mol. The molecule has 0 saturated carbocycles. The van der Waals surface area contributed by atoms with Gasteiger partial charge in [-0.2, -0.15) is 0 Å². The van der Waals surface area contributed by atoms with Crippen LogP contribution in [0.15, 0.2) is 84.0 Å². The number of hydrogen-bond acceptors (Lipinski definition) is 6. The number of methoxy groups -OCH3 is 1. The first-order valence-corrected chi connectivity index (χ1v) is 11.4. The van der Waals surface area contributed by atoms with Gasteiger partial charge in [0.1, 0.15) is 23.9 Å². The minimum Gasteiger partial charge on any atom is -0.497 e. The van der Waals surface area contributed by atoms with Gasteiger partial charge in [0.05, 0.1) is 12.9 Å². The summed E-state index contributed by atoms with van der Waals surface area (Å²) >= 11 is 1.33. The zero-order chi connectivity index (χ0) is 23.0. The second kappa shape index (κ2) is 10.7. The maximum absolute atomic E-state index is 12.4. The normalized spacial score (nSPS) is 10.6. The number of nitrogens with one attached hydrogen (secondary N) is 1. The molecule has 4 aromatic rings. The molecule has 0 aliphatic heterocycles. The van der Waals surface area contributed by atoms with Crippen LogP contribution in [0.3, 0.4) is 0 Å². The molecule has 0 unspecified atom stereocenters. The number of carbonyl (C=O) groups is 1. The minimum absolute atomic E-state index is 0.123. The molecular formula is C25H24N4O3S. The maximum atomic E-state index is 12.4. The van der Waals surface area contributed by atoms with Gasteiger partial charge in [-0.1, -0.05) is 42.1 Å². The monoisotopic (exact) mass is 460 g/mol. The molecule has 8 heteroatoms. The lowest BCUT2D eigenvalue weighted by molar-refractivity contribution is -0.113. The zero-order valence-corrected chi connectivity index (χ0v) is 19.2. The summed E-state index contributed by atoms with van der Waals surface area (Å²) in [6, 6.07) is 25.0. The van der Waals surface area contributed by atoms with Crippen molar-refractivity contribution in [2.45, 2.75) is 18.7 Å². The largest absolute Gasteiger partial charge is 0.497 e. The van der Waals surface area contributed by atoms with E-state index in [0.29, 0.717) is 17.5 Å². The van der Waals surface area contributed by atoms with Crippen LogP contribution in [-0.4, -0.2) is 33.5 Å². The molecule has 0 aliphatic carbocycles. The molecule has 4 rings (SSSR count). The van der Waals surface area contributed by atoms with Crippen LogP contribution in [0.4, 0.5) is 5.69 Å². The van der Waals surface area contributed by atoms with Crippen LogP contribution < -0.4 is 14.8 Å². The molecule has 0 bridgehead atoms. The van der Waals surface area contributed by atoms with Crippen LogP contribution in [-0.2, 0) is 11.4 Å². The predicted octanol–water partition coefficient (Wildman–Crippen LogP) is 4.89. The van der Waals surface area contributed by atoms with Gasteiger partial charge in [-0.15, -0.1) is 10.2 Å². The van der Waals surface area contributed by atoms with E-state index in [0.717, 1.165) is 28.6 Å². The highest BCUT2D eigenvalue weighted by atomic mass is 32.2. The topological polar surface area (TPSA) is 78.3 Å². The Morgan fingerprint density at radius 2 is 1.64 bits per heavy atom. The van der Waals surface area contributed by atoms with Crippen molar-refractivity contribution in [2.24, 2.45) is 0 Å². The lowest BCUT2D eigenvalue weighted by Crippen LogP contribution is -2.14. The summed E-state index contributed by atoms with van der Waals surface area (Å²) in [5, 5.41) is 12.0. The number of hydrogen-bond donors (Lipinski definition) is 1. The highest BCUT2D eigenvalue weighted by Crippen LogP contribution is 2.24. The fourth-order valence-electron chi connectivity index (χ4n) is 3.17. The summed E-state index contributed by atoms with van der Waals surface area (Å²) < 4.78 is 12.9. The number of amides is 1. The predicted molar refractivity (Wildman–Crippen MR) is 129 cm³/mol. The molecule has 0 radical (unpaired) electrons. The minimum atomic E-state index is -0.123. The van der Waals surface area contributed by atoms with E-state index in [-0.39, 0.29) is 11.7 Å². The van der Waals surface area contributed by atoms with E-state index in [1.807, 2.05) is 66.1 Å². The van der Waals surface area contributed by atoms with Crippen molar-refractivity contribution >= 4 is 23.4 Å². The second-order valence-electron chi connectivity index (χ2n) is 7.20. The van der Waals surface area contributed by atoms with Crippen LogP contribution in [0.25, 0.3) is 5.69 Å². The number of nitrogens with zero attached hydrogens (tertiary/aromatic N) is 3. The Bertz CT molecular complexity index is 1190. The molecule has 1 aromatic heterocycles. The molecule has 0 atom stereocenters. The first kappa shape index (κ1) is 22.4. The van der Waals surface area contributed by atoms with Gasteiger partial charge < -0.3 is 14.8 Å². The molecule has 0 aliphatic rings.